The van der Waals surface area contributed by atoms with Crippen molar-refractivity contribution in [3.63, 3.8) is 0 Å². The van der Waals surface area contributed by atoms with Crippen LogP contribution in [0.1, 0.15) is 50.9 Å². The van der Waals surface area contributed by atoms with E-state index in [1.165, 1.54) is 25.1 Å². The molecule has 0 aliphatic carbocycles. The van der Waals surface area contributed by atoms with Crippen LogP contribution in [0.3, 0.4) is 0 Å². The van der Waals surface area contributed by atoms with Gasteiger partial charge in [0.15, 0.2) is 0 Å². The molecule has 0 radical (unpaired) electrons. The van der Waals surface area contributed by atoms with E-state index in [0.717, 1.165) is 11.3 Å². The Morgan fingerprint density at radius 3 is 2.48 bits per heavy atom. The Kier molecular flexibility index (Phi) is 5.71. The van der Waals surface area contributed by atoms with Gasteiger partial charge in [-0.05, 0) is 44.4 Å². The van der Waals surface area contributed by atoms with Crippen LogP contribution in [-0.2, 0) is 24.4 Å². The van der Waals surface area contributed by atoms with E-state index >= 15 is 0 Å². The number of carbonyl (C=O) groups excluding carboxylic acids is 3. The van der Waals surface area contributed by atoms with Crippen LogP contribution in [0, 0.1) is 0 Å². The van der Waals surface area contributed by atoms with E-state index in [1.807, 2.05) is 6.92 Å². The fraction of sp³-hybridized carbons (Fsp3) is 0.389. The van der Waals surface area contributed by atoms with Gasteiger partial charge in [0, 0.05) is 11.6 Å². The Morgan fingerprint density at radius 1 is 1.20 bits per heavy atom. The van der Waals surface area contributed by atoms with Crippen molar-refractivity contribution in [2.45, 2.75) is 46.1 Å². The van der Waals surface area contributed by atoms with E-state index in [1.54, 1.807) is 26.0 Å². The molecule has 0 unspecified atom stereocenters. The molecule has 0 saturated carbocycles. The molecule has 0 aromatic heterocycles. The van der Waals surface area contributed by atoms with Crippen molar-refractivity contribution in [1.82, 2.24) is 0 Å². The minimum Gasteiger partial charge on any atom is -0.269 e. The van der Waals surface area contributed by atoms with Crippen LogP contribution >= 0.6 is 0 Å². The number of amides is 2. The van der Waals surface area contributed by atoms with Crippen LogP contribution in [0.25, 0.3) is 0 Å². The van der Waals surface area contributed by atoms with Crippen LogP contribution in [-0.4, -0.2) is 23.4 Å². The molecule has 1 aromatic rings. The highest BCUT2D eigenvalue weighted by Crippen LogP contribution is 2.27. The summed E-state index contributed by atoms with van der Waals surface area (Å²) in [6.07, 6.45) is 2.80. The standard InChI is InChI=1S/C18H21NO6/c1-5-10-18(3,4)24-25-23-17(22)13-8-6-7-9-14(13)19-15(20)11-12(2)16(19)21/h6-9,11H,5,10H2,1-4H3. The molecule has 0 atom stereocenters. The highest BCUT2D eigenvalue weighted by atomic mass is 17.5. The van der Waals surface area contributed by atoms with Crippen LogP contribution in [0.4, 0.5) is 5.69 Å². The lowest BCUT2D eigenvalue weighted by atomic mass is 10.0. The first-order chi connectivity index (χ1) is 11.8. The molecule has 0 bridgehead atoms. The maximum Gasteiger partial charge on any atom is 0.378 e. The van der Waals surface area contributed by atoms with Gasteiger partial charge in [0.05, 0.1) is 11.3 Å². The molecule has 7 heteroatoms. The summed E-state index contributed by atoms with van der Waals surface area (Å²) in [6.45, 7) is 7.13. The summed E-state index contributed by atoms with van der Waals surface area (Å²) < 4.78 is 0. The lowest BCUT2D eigenvalue weighted by molar-refractivity contribution is -0.513. The third-order valence-electron chi connectivity index (χ3n) is 3.69. The monoisotopic (exact) mass is 347 g/mol. The van der Waals surface area contributed by atoms with Gasteiger partial charge in [0.2, 0.25) is 0 Å². The summed E-state index contributed by atoms with van der Waals surface area (Å²) in [5, 5.41) is 4.61. The van der Waals surface area contributed by atoms with Gasteiger partial charge in [-0.15, -0.1) is 0 Å². The summed E-state index contributed by atoms with van der Waals surface area (Å²) >= 11 is 0. The van der Waals surface area contributed by atoms with Gasteiger partial charge in [-0.1, -0.05) is 25.5 Å². The molecule has 2 amide bonds. The molecule has 1 aromatic carbocycles. The van der Waals surface area contributed by atoms with E-state index in [0.29, 0.717) is 12.0 Å². The van der Waals surface area contributed by atoms with E-state index in [9.17, 15) is 14.4 Å². The molecule has 0 spiro atoms. The second kappa shape index (κ2) is 7.58. The number of hydrogen-bond donors (Lipinski definition) is 0. The van der Waals surface area contributed by atoms with Gasteiger partial charge in [-0.25, -0.2) is 9.69 Å². The van der Waals surface area contributed by atoms with Crippen LogP contribution in [0.15, 0.2) is 35.9 Å². The van der Waals surface area contributed by atoms with Crippen molar-refractivity contribution in [2.75, 3.05) is 4.90 Å². The molecule has 0 saturated heterocycles. The van der Waals surface area contributed by atoms with Crippen molar-refractivity contribution in [3.05, 3.63) is 41.5 Å². The zero-order valence-corrected chi connectivity index (χ0v) is 14.7. The smallest absolute Gasteiger partial charge is 0.269 e. The maximum atomic E-state index is 12.3. The molecule has 0 fully saturated rings. The molecular formula is C18H21NO6. The Bertz CT molecular complexity index is 722. The fourth-order valence-electron chi connectivity index (χ4n) is 2.49. The summed E-state index contributed by atoms with van der Waals surface area (Å²) in [6, 6.07) is 6.13. The molecular weight excluding hydrogens is 326 g/mol. The second-order valence-corrected chi connectivity index (χ2v) is 6.36. The van der Waals surface area contributed by atoms with Crippen molar-refractivity contribution in [1.29, 1.82) is 0 Å². The maximum absolute atomic E-state index is 12.3. The molecule has 1 heterocycles. The van der Waals surface area contributed by atoms with E-state index in [2.05, 4.69) is 9.93 Å². The predicted octanol–water partition coefficient (Wildman–Crippen LogP) is 3.10. The third-order valence-corrected chi connectivity index (χ3v) is 3.69. The number of imide groups is 1. The second-order valence-electron chi connectivity index (χ2n) is 6.36. The van der Waals surface area contributed by atoms with Gasteiger partial charge in [0.1, 0.15) is 5.60 Å². The predicted molar refractivity (Wildman–Crippen MR) is 89.3 cm³/mol. The van der Waals surface area contributed by atoms with Crippen LogP contribution in [0.2, 0.25) is 0 Å². The molecule has 0 N–H and O–H groups in total. The van der Waals surface area contributed by atoms with Crippen LogP contribution in [0.5, 0.6) is 0 Å². The average molecular weight is 347 g/mol. The molecule has 1 aliphatic rings. The summed E-state index contributed by atoms with van der Waals surface area (Å²) in [7, 11) is 0. The molecule has 2 rings (SSSR count). The lowest BCUT2D eigenvalue weighted by Crippen LogP contribution is -2.32. The van der Waals surface area contributed by atoms with E-state index < -0.39 is 23.4 Å². The molecule has 25 heavy (non-hydrogen) atoms. The minimum absolute atomic E-state index is 0.0178. The van der Waals surface area contributed by atoms with Gasteiger partial charge < -0.3 is 0 Å². The third kappa shape index (κ3) is 4.32. The zero-order chi connectivity index (χ0) is 18.6. The SMILES string of the molecule is CCCC(C)(C)OOOC(=O)c1ccccc1N1C(=O)C=C(C)C1=O. The Morgan fingerprint density at radius 2 is 1.88 bits per heavy atom. The highest BCUT2D eigenvalue weighted by molar-refractivity contribution is 6.31. The number of anilines is 1. The van der Waals surface area contributed by atoms with Crippen molar-refractivity contribution in [3.8, 4) is 0 Å². The van der Waals surface area contributed by atoms with E-state index in [4.69, 9.17) is 4.89 Å². The van der Waals surface area contributed by atoms with Crippen LogP contribution < -0.4 is 4.90 Å². The quantitative estimate of drug-likeness (QED) is 0.428. The van der Waals surface area contributed by atoms with E-state index in [-0.39, 0.29) is 11.3 Å². The van der Waals surface area contributed by atoms with Gasteiger partial charge in [-0.2, -0.15) is 4.89 Å². The zero-order valence-electron chi connectivity index (χ0n) is 14.7. The molecule has 7 nitrogen and oxygen atoms in total. The Balaban J connectivity index is 2.12. The average Bonchev–Trinajstić information content (AvgIpc) is 2.79. The van der Waals surface area contributed by atoms with Crippen molar-refractivity contribution >= 4 is 23.5 Å². The summed E-state index contributed by atoms with van der Waals surface area (Å²) in [5.74, 6) is -1.86. The molecule has 1 aliphatic heterocycles. The number of carbonyl (C=O) groups is 3. The fourth-order valence-corrected chi connectivity index (χ4v) is 2.49. The summed E-state index contributed by atoms with van der Waals surface area (Å²) in [4.78, 5) is 47.1. The van der Waals surface area contributed by atoms with Crippen molar-refractivity contribution < 1.29 is 29.2 Å². The lowest BCUT2D eigenvalue weighted by Gasteiger charge is -2.21. The number of benzene rings is 1. The normalized spacial score (nSPS) is 14.7. The van der Waals surface area contributed by atoms with Crippen molar-refractivity contribution in [2.24, 2.45) is 0 Å². The number of rotatable bonds is 7. The highest BCUT2D eigenvalue weighted by Gasteiger charge is 2.33. The van der Waals surface area contributed by atoms with Gasteiger partial charge in [-0.3, -0.25) is 14.5 Å². The summed E-state index contributed by atoms with van der Waals surface area (Å²) in [5.41, 5.74) is -0.165. The molecule has 134 valence electrons. The Labute approximate surface area is 146 Å². The number of nitrogens with zero attached hydrogens (tertiary/aromatic N) is 1. The topological polar surface area (TPSA) is 82.1 Å². The minimum atomic E-state index is -0.868. The first-order valence-corrected chi connectivity index (χ1v) is 7.99. The first kappa shape index (κ1) is 18.8. The largest absolute Gasteiger partial charge is 0.378 e. The number of para-hydroxylation sites is 1. The Hall–Kier alpha value is -2.51. The van der Waals surface area contributed by atoms with Gasteiger partial charge >= 0.3 is 5.97 Å². The van der Waals surface area contributed by atoms with Gasteiger partial charge in [0.25, 0.3) is 11.8 Å². The first-order valence-electron chi connectivity index (χ1n) is 7.99. The number of hydrogen-bond acceptors (Lipinski definition) is 6.